The topological polar surface area (TPSA) is 49.3 Å². The fraction of sp³-hybridized carbons (Fsp3) is 0.632. The van der Waals surface area contributed by atoms with Gasteiger partial charge in [0.25, 0.3) is 0 Å². The van der Waals surface area contributed by atoms with Gasteiger partial charge in [0.1, 0.15) is 0 Å². The van der Waals surface area contributed by atoms with Crippen LogP contribution >= 0.6 is 0 Å². The lowest BCUT2D eigenvalue weighted by Gasteiger charge is -2.32. The molecule has 0 amide bonds. The van der Waals surface area contributed by atoms with E-state index in [9.17, 15) is 4.79 Å². The standard InChI is InChI=1S/C19H29NO2/c1-2-15-8-10-17(11-9-15)20-18(12-13-19(21)22)14-16-6-4-3-5-7-16/h3-7,15,17-18,20H,2,8-14H2,1H3,(H,21,22). The maximum absolute atomic E-state index is 10.9. The Morgan fingerprint density at radius 3 is 2.50 bits per heavy atom. The summed E-state index contributed by atoms with van der Waals surface area (Å²) in [4.78, 5) is 10.9. The Morgan fingerprint density at radius 2 is 1.91 bits per heavy atom. The maximum atomic E-state index is 10.9. The molecule has 1 fully saturated rings. The molecule has 2 N–H and O–H groups in total. The first kappa shape index (κ1) is 17.0. The van der Waals surface area contributed by atoms with Crippen LogP contribution in [-0.4, -0.2) is 23.2 Å². The van der Waals surface area contributed by atoms with Gasteiger partial charge in [0, 0.05) is 18.5 Å². The summed E-state index contributed by atoms with van der Waals surface area (Å²) in [5, 5.41) is 12.7. The van der Waals surface area contributed by atoms with Crippen molar-refractivity contribution in [1.82, 2.24) is 5.32 Å². The highest BCUT2D eigenvalue weighted by Gasteiger charge is 2.22. The van der Waals surface area contributed by atoms with Gasteiger partial charge in [-0.25, -0.2) is 0 Å². The highest BCUT2D eigenvalue weighted by molar-refractivity contribution is 5.66. The molecule has 3 nitrogen and oxygen atoms in total. The number of carbonyl (C=O) groups is 1. The first-order valence-corrected chi connectivity index (χ1v) is 8.69. The molecule has 0 radical (unpaired) electrons. The van der Waals surface area contributed by atoms with Crippen molar-refractivity contribution in [3.05, 3.63) is 35.9 Å². The molecule has 0 aliphatic heterocycles. The normalized spacial score (nSPS) is 23.1. The highest BCUT2D eigenvalue weighted by atomic mass is 16.4. The number of carboxylic acid groups (broad SMARTS) is 1. The Bertz CT molecular complexity index is 438. The molecule has 0 saturated heterocycles. The lowest BCUT2D eigenvalue weighted by atomic mass is 9.84. The third-order valence-electron chi connectivity index (χ3n) is 4.93. The molecule has 3 heteroatoms. The molecule has 1 aromatic carbocycles. The van der Waals surface area contributed by atoms with Crippen molar-refractivity contribution in [2.45, 2.75) is 70.4 Å². The van der Waals surface area contributed by atoms with Crippen LogP contribution in [0.15, 0.2) is 30.3 Å². The predicted octanol–water partition coefficient (Wildman–Crippen LogP) is 4.02. The van der Waals surface area contributed by atoms with E-state index in [2.05, 4.69) is 36.5 Å². The van der Waals surface area contributed by atoms with E-state index in [0.29, 0.717) is 12.5 Å². The highest BCUT2D eigenvalue weighted by Crippen LogP contribution is 2.27. The SMILES string of the molecule is CCC1CCC(NC(CCC(=O)O)Cc2ccccc2)CC1. The Hall–Kier alpha value is -1.35. The molecule has 0 heterocycles. The molecule has 1 atom stereocenters. The Balaban J connectivity index is 1.88. The molecule has 1 aliphatic rings. The molecule has 122 valence electrons. The predicted molar refractivity (Wildman–Crippen MR) is 90.0 cm³/mol. The van der Waals surface area contributed by atoms with Crippen LogP contribution < -0.4 is 5.32 Å². The molecule has 0 spiro atoms. The molecule has 1 aromatic rings. The number of benzene rings is 1. The number of nitrogens with one attached hydrogen (secondary N) is 1. The molecular weight excluding hydrogens is 274 g/mol. The lowest BCUT2D eigenvalue weighted by Crippen LogP contribution is -2.42. The minimum atomic E-state index is -0.699. The van der Waals surface area contributed by atoms with E-state index in [1.54, 1.807) is 0 Å². The van der Waals surface area contributed by atoms with Gasteiger partial charge in [-0.3, -0.25) is 4.79 Å². The van der Waals surface area contributed by atoms with Gasteiger partial charge in [0.15, 0.2) is 0 Å². The summed E-state index contributed by atoms with van der Waals surface area (Å²) in [6.07, 6.45) is 8.25. The van der Waals surface area contributed by atoms with E-state index in [-0.39, 0.29) is 12.5 Å². The van der Waals surface area contributed by atoms with Crippen LogP contribution in [0.1, 0.15) is 57.4 Å². The molecule has 1 aliphatic carbocycles. The fourth-order valence-electron chi connectivity index (χ4n) is 3.51. The summed E-state index contributed by atoms with van der Waals surface area (Å²) in [6.45, 7) is 2.28. The van der Waals surface area contributed by atoms with Crippen molar-refractivity contribution < 1.29 is 9.90 Å². The lowest BCUT2D eigenvalue weighted by molar-refractivity contribution is -0.137. The molecule has 1 saturated carbocycles. The summed E-state index contributed by atoms with van der Waals surface area (Å²) in [5.74, 6) is 0.194. The fourth-order valence-corrected chi connectivity index (χ4v) is 3.51. The first-order chi connectivity index (χ1) is 10.7. The first-order valence-electron chi connectivity index (χ1n) is 8.69. The Labute approximate surface area is 134 Å². The summed E-state index contributed by atoms with van der Waals surface area (Å²) in [6, 6.07) is 11.2. The van der Waals surface area contributed by atoms with Crippen LogP contribution in [0.5, 0.6) is 0 Å². The number of aliphatic carboxylic acids is 1. The van der Waals surface area contributed by atoms with Gasteiger partial charge in [0.05, 0.1) is 0 Å². The molecule has 0 aromatic heterocycles. The van der Waals surface area contributed by atoms with E-state index in [4.69, 9.17) is 5.11 Å². The monoisotopic (exact) mass is 303 g/mol. The van der Waals surface area contributed by atoms with Crippen LogP contribution in [0.3, 0.4) is 0 Å². The second-order valence-corrected chi connectivity index (χ2v) is 6.61. The Kier molecular flexibility index (Phi) is 6.91. The molecule has 22 heavy (non-hydrogen) atoms. The van der Waals surface area contributed by atoms with Crippen LogP contribution in [0.2, 0.25) is 0 Å². The summed E-state index contributed by atoms with van der Waals surface area (Å²) >= 11 is 0. The zero-order valence-electron chi connectivity index (χ0n) is 13.6. The van der Waals surface area contributed by atoms with Gasteiger partial charge in [-0.05, 0) is 50.0 Å². The van der Waals surface area contributed by atoms with E-state index in [1.165, 1.54) is 37.7 Å². The quantitative estimate of drug-likeness (QED) is 0.762. The smallest absolute Gasteiger partial charge is 0.303 e. The van der Waals surface area contributed by atoms with Gasteiger partial charge in [-0.1, -0.05) is 43.7 Å². The second kappa shape index (κ2) is 8.94. The summed E-state index contributed by atoms with van der Waals surface area (Å²) < 4.78 is 0. The summed E-state index contributed by atoms with van der Waals surface area (Å²) in [5.41, 5.74) is 1.28. The van der Waals surface area contributed by atoms with Crippen LogP contribution in [-0.2, 0) is 11.2 Å². The van der Waals surface area contributed by atoms with Gasteiger partial charge in [-0.2, -0.15) is 0 Å². The van der Waals surface area contributed by atoms with Gasteiger partial charge in [0.2, 0.25) is 0 Å². The average molecular weight is 303 g/mol. The average Bonchev–Trinajstić information content (AvgIpc) is 2.54. The van der Waals surface area contributed by atoms with Crippen molar-refractivity contribution in [3.63, 3.8) is 0 Å². The van der Waals surface area contributed by atoms with Crippen molar-refractivity contribution in [1.29, 1.82) is 0 Å². The molecule has 1 unspecified atom stereocenters. The summed E-state index contributed by atoms with van der Waals surface area (Å²) in [7, 11) is 0. The number of carboxylic acids is 1. The minimum absolute atomic E-state index is 0.245. The van der Waals surface area contributed by atoms with Gasteiger partial charge in [-0.15, -0.1) is 0 Å². The third kappa shape index (κ3) is 5.80. The maximum Gasteiger partial charge on any atom is 0.303 e. The van der Waals surface area contributed by atoms with Gasteiger partial charge >= 0.3 is 5.97 Å². The number of hydrogen-bond donors (Lipinski definition) is 2. The van der Waals surface area contributed by atoms with E-state index in [0.717, 1.165) is 12.3 Å². The van der Waals surface area contributed by atoms with E-state index < -0.39 is 5.97 Å². The molecule has 2 rings (SSSR count). The van der Waals surface area contributed by atoms with Crippen molar-refractivity contribution in [2.75, 3.05) is 0 Å². The zero-order valence-corrected chi connectivity index (χ0v) is 13.6. The van der Waals surface area contributed by atoms with Crippen LogP contribution in [0, 0.1) is 5.92 Å². The van der Waals surface area contributed by atoms with E-state index in [1.807, 2.05) is 6.07 Å². The van der Waals surface area contributed by atoms with Crippen LogP contribution in [0.25, 0.3) is 0 Å². The van der Waals surface area contributed by atoms with Crippen molar-refractivity contribution >= 4 is 5.97 Å². The molecule has 0 bridgehead atoms. The van der Waals surface area contributed by atoms with Gasteiger partial charge < -0.3 is 10.4 Å². The second-order valence-electron chi connectivity index (χ2n) is 6.61. The number of rotatable bonds is 8. The van der Waals surface area contributed by atoms with Crippen molar-refractivity contribution in [3.8, 4) is 0 Å². The Morgan fingerprint density at radius 1 is 1.23 bits per heavy atom. The molecular formula is C19H29NO2. The van der Waals surface area contributed by atoms with E-state index >= 15 is 0 Å². The number of hydrogen-bond acceptors (Lipinski definition) is 2. The van der Waals surface area contributed by atoms with Crippen LogP contribution in [0.4, 0.5) is 0 Å². The largest absolute Gasteiger partial charge is 0.481 e. The zero-order chi connectivity index (χ0) is 15.8. The minimum Gasteiger partial charge on any atom is -0.481 e. The third-order valence-corrected chi connectivity index (χ3v) is 4.93. The van der Waals surface area contributed by atoms with Crippen molar-refractivity contribution in [2.24, 2.45) is 5.92 Å².